The molecular formula is C40H34N2. The number of nitrogens with zero attached hydrogens (tertiary/aromatic N) is 2. The first-order valence-corrected chi connectivity index (χ1v) is 14.4. The number of aryl methyl sites for hydroxylation is 2. The number of benzene rings is 6. The molecule has 0 aromatic heterocycles. The molecule has 6 aromatic carbocycles. The van der Waals surface area contributed by atoms with Gasteiger partial charge in [-0.15, -0.1) is 0 Å². The Labute approximate surface area is 249 Å². The molecule has 0 amide bonds. The molecule has 0 radical (unpaired) electrons. The summed E-state index contributed by atoms with van der Waals surface area (Å²) in [5.74, 6) is 0. The summed E-state index contributed by atoms with van der Waals surface area (Å²) in [6.45, 7) is 4.29. The van der Waals surface area contributed by atoms with Crippen molar-refractivity contribution in [2.75, 3.05) is 9.80 Å². The van der Waals surface area contributed by atoms with Crippen LogP contribution in [-0.4, -0.2) is 0 Å². The Bertz CT molecular complexity index is 1710. The van der Waals surface area contributed by atoms with Crippen LogP contribution >= 0.6 is 0 Å². The maximum Gasteiger partial charge on any atom is 0.0490 e. The predicted molar refractivity (Wildman–Crippen MR) is 181 cm³/mol. The van der Waals surface area contributed by atoms with Crippen molar-refractivity contribution in [3.8, 4) is 0 Å². The smallest absolute Gasteiger partial charge is 0.0490 e. The van der Waals surface area contributed by atoms with Gasteiger partial charge in [0.2, 0.25) is 0 Å². The van der Waals surface area contributed by atoms with Crippen LogP contribution in [0.25, 0.3) is 12.2 Å². The Morgan fingerprint density at radius 3 is 1.21 bits per heavy atom. The van der Waals surface area contributed by atoms with E-state index in [1.165, 1.54) is 16.8 Å². The van der Waals surface area contributed by atoms with E-state index in [2.05, 4.69) is 194 Å². The molecular weight excluding hydrogens is 508 g/mol. The Morgan fingerprint density at radius 2 is 0.738 bits per heavy atom. The van der Waals surface area contributed by atoms with E-state index in [1.807, 2.05) is 0 Å². The van der Waals surface area contributed by atoms with Gasteiger partial charge in [0.05, 0.1) is 0 Å². The van der Waals surface area contributed by atoms with Crippen molar-refractivity contribution in [1.29, 1.82) is 0 Å². The van der Waals surface area contributed by atoms with E-state index >= 15 is 0 Å². The lowest BCUT2D eigenvalue weighted by molar-refractivity contribution is 1.24. The van der Waals surface area contributed by atoms with E-state index in [1.54, 1.807) is 0 Å². The second-order valence-electron chi connectivity index (χ2n) is 10.5. The zero-order chi connectivity index (χ0) is 28.7. The van der Waals surface area contributed by atoms with Crippen molar-refractivity contribution in [3.63, 3.8) is 0 Å². The van der Waals surface area contributed by atoms with Crippen molar-refractivity contribution < 1.29 is 0 Å². The summed E-state index contributed by atoms with van der Waals surface area (Å²) in [5, 5.41) is 0. The molecule has 0 aliphatic heterocycles. The lowest BCUT2D eigenvalue weighted by Crippen LogP contribution is -2.11. The van der Waals surface area contributed by atoms with Gasteiger partial charge in [0.1, 0.15) is 0 Å². The highest BCUT2D eigenvalue weighted by molar-refractivity contribution is 5.80. The van der Waals surface area contributed by atoms with Gasteiger partial charge in [-0.3, -0.25) is 0 Å². The Hall–Kier alpha value is -5.34. The Balaban J connectivity index is 1.24. The van der Waals surface area contributed by atoms with Crippen molar-refractivity contribution in [1.82, 2.24) is 0 Å². The summed E-state index contributed by atoms with van der Waals surface area (Å²) in [7, 11) is 0. The van der Waals surface area contributed by atoms with Gasteiger partial charge in [-0.05, 0) is 97.3 Å². The van der Waals surface area contributed by atoms with Gasteiger partial charge in [-0.2, -0.15) is 0 Å². The second-order valence-corrected chi connectivity index (χ2v) is 10.5. The molecule has 6 rings (SSSR count). The maximum absolute atomic E-state index is 2.33. The highest BCUT2D eigenvalue weighted by Crippen LogP contribution is 2.37. The van der Waals surface area contributed by atoms with Crippen molar-refractivity contribution in [3.05, 3.63) is 180 Å². The summed E-state index contributed by atoms with van der Waals surface area (Å²) in [5.41, 5.74) is 11.7. The van der Waals surface area contributed by atoms with Crippen LogP contribution in [0.15, 0.2) is 158 Å². The predicted octanol–water partition coefficient (Wildman–Crippen LogP) is 11.4. The monoisotopic (exact) mass is 542 g/mol. The minimum atomic E-state index is 1.13. The maximum atomic E-state index is 2.33. The first-order valence-electron chi connectivity index (χ1n) is 14.4. The quantitative estimate of drug-likeness (QED) is 0.176. The van der Waals surface area contributed by atoms with Crippen LogP contribution in [0.4, 0.5) is 34.1 Å². The molecule has 0 atom stereocenters. The van der Waals surface area contributed by atoms with Crippen molar-refractivity contribution in [2.45, 2.75) is 13.8 Å². The number of hydrogen-bond acceptors (Lipinski definition) is 2. The fourth-order valence-corrected chi connectivity index (χ4v) is 5.20. The molecule has 0 unspecified atom stereocenters. The normalized spacial score (nSPS) is 11.0. The SMILES string of the molecule is Cc1ccc(N(c2ccc(/C=C/c3ccc(N(c4ccccc4)c4ccccc4)cc3)cc2)c2ccccc2C)cc1. The molecule has 0 saturated heterocycles. The molecule has 0 N–H and O–H groups in total. The van der Waals surface area contributed by atoms with Gasteiger partial charge in [0.15, 0.2) is 0 Å². The van der Waals surface area contributed by atoms with E-state index in [0.717, 1.165) is 39.6 Å². The molecule has 2 nitrogen and oxygen atoms in total. The minimum Gasteiger partial charge on any atom is -0.311 e. The summed E-state index contributed by atoms with van der Waals surface area (Å²) in [6, 6.07) is 55.7. The third kappa shape index (κ3) is 6.04. The largest absolute Gasteiger partial charge is 0.311 e. The number of hydrogen-bond donors (Lipinski definition) is 0. The summed E-state index contributed by atoms with van der Waals surface area (Å²) >= 11 is 0. The number of rotatable bonds is 8. The molecule has 0 saturated carbocycles. The lowest BCUT2D eigenvalue weighted by Gasteiger charge is -2.27. The fourth-order valence-electron chi connectivity index (χ4n) is 5.20. The van der Waals surface area contributed by atoms with Crippen LogP contribution in [0.1, 0.15) is 22.3 Å². The van der Waals surface area contributed by atoms with Crippen LogP contribution in [0.2, 0.25) is 0 Å². The van der Waals surface area contributed by atoms with E-state index in [0.29, 0.717) is 0 Å². The van der Waals surface area contributed by atoms with Gasteiger partial charge in [0, 0.05) is 34.1 Å². The number of anilines is 6. The third-order valence-corrected chi connectivity index (χ3v) is 7.45. The van der Waals surface area contributed by atoms with Gasteiger partial charge in [0.25, 0.3) is 0 Å². The molecule has 204 valence electrons. The zero-order valence-electron chi connectivity index (χ0n) is 24.1. The van der Waals surface area contributed by atoms with Gasteiger partial charge in [-0.1, -0.05) is 109 Å². The van der Waals surface area contributed by atoms with Crippen molar-refractivity contribution >= 4 is 46.3 Å². The minimum absolute atomic E-state index is 1.13. The van der Waals surface area contributed by atoms with Gasteiger partial charge < -0.3 is 9.80 Å². The molecule has 0 heterocycles. The molecule has 0 aliphatic rings. The topological polar surface area (TPSA) is 6.48 Å². The van der Waals surface area contributed by atoms with Crippen LogP contribution in [0.3, 0.4) is 0 Å². The molecule has 6 aromatic rings. The van der Waals surface area contributed by atoms with Gasteiger partial charge in [-0.25, -0.2) is 0 Å². The molecule has 0 fully saturated rings. The van der Waals surface area contributed by atoms with Crippen LogP contribution in [-0.2, 0) is 0 Å². The molecule has 0 bridgehead atoms. The average molecular weight is 543 g/mol. The first kappa shape index (κ1) is 26.9. The summed E-state index contributed by atoms with van der Waals surface area (Å²) < 4.78 is 0. The molecule has 0 spiro atoms. The summed E-state index contributed by atoms with van der Waals surface area (Å²) in [4.78, 5) is 4.60. The highest BCUT2D eigenvalue weighted by Gasteiger charge is 2.14. The van der Waals surface area contributed by atoms with E-state index in [-0.39, 0.29) is 0 Å². The fraction of sp³-hybridized carbons (Fsp3) is 0.0500. The van der Waals surface area contributed by atoms with E-state index in [4.69, 9.17) is 0 Å². The average Bonchev–Trinajstić information content (AvgIpc) is 3.04. The Morgan fingerprint density at radius 1 is 0.357 bits per heavy atom. The standard InChI is InChI=1S/C40H34N2/c1-31-17-25-38(26-18-31)42(40-16-10-9-11-32(40)2)39-29-23-34(24-30-39)20-19-33-21-27-37(28-22-33)41(35-12-5-3-6-13-35)36-14-7-4-8-15-36/h3-30H,1-2H3/b20-19+. The van der Waals surface area contributed by atoms with Crippen LogP contribution in [0, 0.1) is 13.8 Å². The molecule has 2 heteroatoms. The van der Waals surface area contributed by atoms with E-state index < -0.39 is 0 Å². The second kappa shape index (κ2) is 12.4. The third-order valence-electron chi connectivity index (χ3n) is 7.45. The number of para-hydroxylation sites is 3. The van der Waals surface area contributed by atoms with E-state index in [9.17, 15) is 0 Å². The van der Waals surface area contributed by atoms with Crippen LogP contribution < -0.4 is 9.80 Å². The zero-order valence-corrected chi connectivity index (χ0v) is 24.1. The van der Waals surface area contributed by atoms with Gasteiger partial charge >= 0.3 is 0 Å². The molecule has 0 aliphatic carbocycles. The molecule has 42 heavy (non-hydrogen) atoms. The summed E-state index contributed by atoms with van der Waals surface area (Å²) in [6.07, 6.45) is 4.35. The highest BCUT2D eigenvalue weighted by atomic mass is 15.1. The lowest BCUT2D eigenvalue weighted by atomic mass is 10.1. The van der Waals surface area contributed by atoms with Crippen LogP contribution in [0.5, 0.6) is 0 Å². The Kier molecular flexibility index (Phi) is 7.96. The van der Waals surface area contributed by atoms with Crippen molar-refractivity contribution in [2.24, 2.45) is 0 Å². The first-order chi connectivity index (χ1) is 20.7.